The van der Waals surface area contributed by atoms with E-state index in [0.29, 0.717) is 12.1 Å². The zero-order chi connectivity index (χ0) is 26.0. The number of nitrogens with one attached hydrogen (secondary N) is 1. The van der Waals surface area contributed by atoms with Gasteiger partial charge in [-0.1, -0.05) is 37.1 Å². The number of benzene rings is 1. The number of alkyl halides is 3. The minimum absolute atomic E-state index is 0.0355. The van der Waals surface area contributed by atoms with Gasteiger partial charge in [-0.25, -0.2) is 4.79 Å². The molecule has 0 radical (unpaired) electrons. The molecule has 2 aliphatic rings. The Bertz CT molecular complexity index is 966. The maximum atomic E-state index is 12.4. The molecular formula is C25H33F3N4O4. The highest BCUT2D eigenvalue weighted by Gasteiger charge is 2.38. The summed E-state index contributed by atoms with van der Waals surface area (Å²) in [6.45, 7) is 6.22. The van der Waals surface area contributed by atoms with Gasteiger partial charge in [0, 0.05) is 38.9 Å². The van der Waals surface area contributed by atoms with E-state index in [1.54, 1.807) is 6.20 Å². The molecule has 11 heteroatoms. The van der Waals surface area contributed by atoms with Crippen molar-refractivity contribution in [2.24, 2.45) is 5.92 Å². The van der Waals surface area contributed by atoms with Crippen LogP contribution in [0.15, 0.2) is 36.7 Å². The summed E-state index contributed by atoms with van der Waals surface area (Å²) in [6, 6.07) is 8.72. The lowest BCUT2D eigenvalue weighted by Gasteiger charge is -2.26. The van der Waals surface area contributed by atoms with Crippen molar-refractivity contribution in [1.82, 2.24) is 20.0 Å². The summed E-state index contributed by atoms with van der Waals surface area (Å²) in [7, 11) is 0. The van der Waals surface area contributed by atoms with E-state index in [1.807, 2.05) is 10.9 Å². The predicted octanol–water partition coefficient (Wildman–Crippen LogP) is 3.51. The highest BCUT2D eigenvalue weighted by atomic mass is 19.4. The molecule has 2 N–H and O–H groups in total. The first-order valence-corrected chi connectivity index (χ1v) is 12.2. The first-order chi connectivity index (χ1) is 17.2. The van der Waals surface area contributed by atoms with Crippen molar-refractivity contribution >= 4 is 11.9 Å². The third-order valence-corrected chi connectivity index (χ3v) is 6.29. The number of hydrogen-bond acceptors (Lipinski definition) is 5. The molecule has 1 aliphatic heterocycles. The molecule has 1 saturated carbocycles. The lowest BCUT2D eigenvalue weighted by atomic mass is 10.1. The van der Waals surface area contributed by atoms with Crippen LogP contribution in [0.5, 0.6) is 0 Å². The fourth-order valence-electron chi connectivity index (χ4n) is 4.29. The van der Waals surface area contributed by atoms with Crippen LogP contribution in [0.4, 0.5) is 13.2 Å². The zero-order valence-corrected chi connectivity index (χ0v) is 20.2. The number of ether oxygens (including phenoxy) is 1. The van der Waals surface area contributed by atoms with Crippen molar-refractivity contribution < 1.29 is 32.6 Å². The molecule has 1 aromatic carbocycles. The van der Waals surface area contributed by atoms with Gasteiger partial charge in [-0.15, -0.1) is 0 Å². The van der Waals surface area contributed by atoms with Crippen LogP contribution in [0.1, 0.15) is 47.2 Å². The minimum Gasteiger partial charge on any atom is -0.475 e. The molecule has 198 valence electrons. The van der Waals surface area contributed by atoms with E-state index < -0.39 is 12.1 Å². The average Bonchev–Trinajstić information content (AvgIpc) is 3.53. The molecule has 8 nitrogen and oxygen atoms in total. The third kappa shape index (κ3) is 9.27. The van der Waals surface area contributed by atoms with Crippen molar-refractivity contribution in [2.45, 2.75) is 51.4 Å². The molecule has 1 aromatic heterocycles. The Balaban J connectivity index is 0.000000454. The molecular weight excluding hydrogens is 477 g/mol. The molecule has 2 aromatic rings. The Morgan fingerprint density at radius 2 is 1.69 bits per heavy atom. The van der Waals surface area contributed by atoms with Crippen molar-refractivity contribution in [3.8, 4) is 0 Å². The Labute approximate surface area is 208 Å². The van der Waals surface area contributed by atoms with E-state index in [9.17, 15) is 18.0 Å². The zero-order valence-electron chi connectivity index (χ0n) is 20.2. The van der Waals surface area contributed by atoms with Crippen molar-refractivity contribution in [3.63, 3.8) is 0 Å². The monoisotopic (exact) mass is 510 g/mol. The number of rotatable bonds is 8. The smallest absolute Gasteiger partial charge is 0.475 e. The Morgan fingerprint density at radius 3 is 2.31 bits per heavy atom. The molecule has 36 heavy (non-hydrogen) atoms. The second-order valence-electron chi connectivity index (χ2n) is 9.12. The van der Waals surface area contributed by atoms with Gasteiger partial charge in [-0.2, -0.15) is 18.3 Å². The average molecular weight is 511 g/mol. The predicted molar refractivity (Wildman–Crippen MR) is 126 cm³/mol. The fourth-order valence-corrected chi connectivity index (χ4v) is 4.29. The van der Waals surface area contributed by atoms with Crippen LogP contribution < -0.4 is 5.32 Å². The van der Waals surface area contributed by atoms with E-state index in [4.69, 9.17) is 14.6 Å². The standard InChI is InChI=1S/C23H32N4O2.C2HF3O2/c28-23(22-15-25-27(18-22)17-20-3-1-2-4-20)24-10-9-19-5-7-21(8-6-19)16-26-11-13-29-14-12-26;3-2(4,5)1(6)7/h5-8,15,18,20H,1-4,9-14,16-17H2,(H,24,28);(H,6,7). The molecule has 1 amide bonds. The van der Waals surface area contributed by atoms with Gasteiger partial charge in [0.1, 0.15) is 0 Å². The second-order valence-corrected chi connectivity index (χ2v) is 9.12. The van der Waals surface area contributed by atoms with Gasteiger partial charge >= 0.3 is 12.1 Å². The highest BCUT2D eigenvalue weighted by Crippen LogP contribution is 2.25. The van der Waals surface area contributed by atoms with E-state index in [0.717, 1.165) is 51.7 Å². The number of hydrogen-bond donors (Lipinski definition) is 2. The van der Waals surface area contributed by atoms with Crippen molar-refractivity contribution in [3.05, 3.63) is 53.3 Å². The van der Waals surface area contributed by atoms with Crippen molar-refractivity contribution in [2.75, 3.05) is 32.8 Å². The number of halogens is 3. The first-order valence-electron chi connectivity index (χ1n) is 12.2. The van der Waals surface area contributed by atoms with Crippen LogP contribution in [0.25, 0.3) is 0 Å². The number of carbonyl (C=O) groups excluding carboxylic acids is 1. The Hall–Kier alpha value is -2.92. The van der Waals surface area contributed by atoms with Gasteiger partial charge in [-0.3, -0.25) is 14.4 Å². The Morgan fingerprint density at radius 1 is 1.08 bits per heavy atom. The number of aliphatic carboxylic acids is 1. The molecule has 0 unspecified atom stereocenters. The van der Waals surface area contributed by atoms with Gasteiger partial charge in [-0.05, 0) is 36.3 Å². The summed E-state index contributed by atoms with van der Waals surface area (Å²) in [5.74, 6) is -2.07. The number of nitrogens with zero attached hydrogens (tertiary/aromatic N) is 3. The number of aromatic nitrogens is 2. The highest BCUT2D eigenvalue weighted by molar-refractivity contribution is 5.93. The quantitative estimate of drug-likeness (QED) is 0.564. The normalized spacial score (nSPS) is 16.9. The van der Waals surface area contributed by atoms with E-state index in [2.05, 4.69) is 39.6 Å². The van der Waals surface area contributed by atoms with E-state index >= 15 is 0 Å². The summed E-state index contributed by atoms with van der Waals surface area (Å²) in [5, 5.41) is 14.5. The minimum atomic E-state index is -5.08. The van der Waals surface area contributed by atoms with Gasteiger partial charge in [0.05, 0.1) is 25.0 Å². The van der Waals surface area contributed by atoms with Gasteiger partial charge in [0.2, 0.25) is 0 Å². The summed E-state index contributed by atoms with van der Waals surface area (Å²) in [6.07, 6.45) is 4.54. The third-order valence-electron chi connectivity index (χ3n) is 6.29. The van der Waals surface area contributed by atoms with Gasteiger partial charge in [0.15, 0.2) is 0 Å². The van der Waals surface area contributed by atoms with Crippen LogP contribution >= 0.6 is 0 Å². The van der Waals surface area contributed by atoms with Crippen LogP contribution in [0.3, 0.4) is 0 Å². The lowest BCUT2D eigenvalue weighted by molar-refractivity contribution is -0.192. The van der Waals surface area contributed by atoms with E-state index in [-0.39, 0.29) is 5.91 Å². The number of carboxylic acid groups (broad SMARTS) is 1. The largest absolute Gasteiger partial charge is 0.490 e. The summed E-state index contributed by atoms with van der Waals surface area (Å²) < 4.78 is 39.1. The molecule has 0 spiro atoms. The van der Waals surface area contributed by atoms with Crippen molar-refractivity contribution in [1.29, 1.82) is 0 Å². The molecule has 1 saturated heterocycles. The van der Waals surface area contributed by atoms with Gasteiger partial charge < -0.3 is 15.2 Å². The van der Waals surface area contributed by atoms with E-state index in [1.165, 1.54) is 36.8 Å². The second kappa shape index (κ2) is 13.4. The molecule has 1 aliphatic carbocycles. The van der Waals surface area contributed by atoms with Crippen LogP contribution in [0.2, 0.25) is 0 Å². The van der Waals surface area contributed by atoms with Crippen LogP contribution in [-0.2, 0) is 29.0 Å². The Kier molecular flexibility index (Phi) is 10.3. The summed E-state index contributed by atoms with van der Waals surface area (Å²) >= 11 is 0. The molecule has 0 atom stereocenters. The lowest BCUT2D eigenvalue weighted by Crippen LogP contribution is -2.35. The fraction of sp³-hybridized carbons (Fsp3) is 0.560. The number of carbonyl (C=O) groups is 2. The maximum absolute atomic E-state index is 12.4. The number of carboxylic acids is 1. The summed E-state index contributed by atoms with van der Waals surface area (Å²) in [5.41, 5.74) is 3.23. The van der Waals surface area contributed by atoms with Crippen LogP contribution in [0, 0.1) is 5.92 Å². The summed E-state index contributed by atoms with van der Waals surface area (Å²) in [4.78, 5) is 23.7. The molecule has 2 fully saturated rings. The SMILES string of the molecule is O=C(NCCc1ccc(CN2CCOCC2)cc1)c1cnn(CC2CCCC2)c1.O=C(O)C(F)(F)F. The molecule has 0 bridgehead atoms. The van der Waals surface area contributed by atoms with Crippen LogP contribution in [-0.4, -0.2) is 70.7 Å². The molecule has 2 heterocycles. The first kappa shape index (κ1) is 27.7. The maximum Gasteiger partial charge on any atom is 0.490 e. The topological polar surface area (TPSA) is 96.7 Å². The van der Waals surface area contributed by atoms with Gasteiger partial charge in [0.25, 0.3) is 5.91 Å². The number of amides is 1. The number of morpholine rings is 1. The molecule has 4 rings (SSSR count).